The number of hydrogen-bond donors (Lipinski definition) is 6. The first-order valence-electron chi connectivity index (χ1n) is 15.5. The Kier molecular flexibility index (Phi) is 8.09. The first-order chi connectivity index (χ1) is 22.6. The number of benzene rings is 2. The maximum absolute atomic E-state index is 14.2. The Bertz CT molecular complexity index is 1810. The molecule has 2 amide bonds. The smallest absolute Gasteiger partial charge is 0.255 e. The predicted octanol–water partition coefficient (Wildman–Crippen LogP) is 1.24. The molecule has 0 radical (unpaired) electrons. The molecule has 2 aromatic rings. The zero-order chi connectivity index (χ0) is 35.0. The van der Waals surface area contributed by atoms with Crippen molar-refractivity contribution in [2.75, 3.05) is 51.5 Å². The van der Waals surface area contributed by atoms with E-state index in [0.29, 0.717) is 30.9 Å². The Morgan fingerprint density at radius 3 is 2.31 bits per heavy atom. The number of phenols is 1. The number of aliphatic hydroxyl groups is 3. The van der Waals surface area contributed by atoms with Crippen molar-refractivity contribution in [3.63, 3.8) is 0 Å². The van der Waals surface area contributed by atoms with Gasteiger partial charge in [-0.15, -0.1) is 0 Å². The molecule has 2 fully saturated rings. The Hall–Kier alpha value is -4.79. The van der Waals surface area contributed by atoms with Gasteiger partial charge in [-0.05, 0) is 62.2 Å². The topological polar surface area (TPSA) is 197 Å². The summed E-state index contributed by atoms with van der Waals surface area (Å²) in [5, 5.41) is 48.8. The molecule has 6 rings (SSSR count). The standard InChI is InChI=1S/C34H38FN5O8/c1-38(2)22-11-21(37-33(47)17-13-40(14-17)12-15-5-7-18(35)8-6-15)27(41)24-19(22)9-16-10-20-26(39(3)4)29(43)25(32(36)46)31(45)34(20,48)30(44)23(16)28(24)42/h5-8,11,16-17,20,26,41-42,45,48H,9-10,12-14H2,1-4H3,(H2,36,46)(H,37,47)/t16-,20-,26-,34-/m0/s1. The number of primary amides is 1. The highest BCUT2D eigenvalue weighted by Crippen LogP contribution is 2.54. The normalized spacial score (nSPS) is 25.8. The molecule has 1 saturated heterocycles. The number of Topliss-reactive ketones (excluding diaryl/α,β-unsaturated/α-hetero) is 2. The van der Waals surface area contributed by atoms with Gasteiger partial charge in [0, 0.05) is 50.9 Å². The Labute approximate surface area is 275 Å². The van der Waals surface area contributed by atoms with E-state index in [2.05, 4.69) is 5.32 Å². The highest BCUT2D eigenvalue weighted by molar-refractivity contribution is 6.24. The van der Waals surface area contributed by atoms with Crippen LogP contribution in [0.25, 0.3) is 5.76 Å². The highest BCUT2D eigenvalue weighted by atomic mass is 19.1. The predicted molar refractivity (Wildman–Crippen MR) is 172 cm³/mol. The number of nitrogens with zero attached hydrogens (tertiary/aromatic N) is 3. The first kappa shape index (κ1) is 33.1. The molecule has 254 valence electrons. The number of rotatable bonds is 7. The number of carbonyl (C=O) groups excluding carboxylic acids is 4. The number of likely N-dealkylation sites (N-methyl/N-ethyl adjacent to an activating group) is 1. The molecule has 0 bridgehead atoms. The van der Waals surface area contributed by atoms with E-state index >= 15 is 0 Å². The van der Waals surface area contributed by atoms with Crippen LogP contribution in [0.3, 0.4) is 0 Å². The van der Waals surface area contributed by atoms with Crippen LogP contribution in [0.15, 0.2) is 47.2 Å². The molecule has 4 atom stereocenters. The van der Waals surface area contributed by atoms with Crippen molar-refractivity contribution >= 4 is 40.5 Å². The average Bonchev–Trinajstić information content (AvgIpc) is 2.98. The lowest BCUT2D eigenvalue weighted by Crippen LogP contribution is -2.65. The molecule has 0 spiro atoms. The molecule has 1 saturated carbocycles. The third-order valence-corrected chi connectivity index (χ3v) is 10.1. The van der Waals surface area contributed by atoms with Gasteiger partial charge in [-0.25, -0.2) is 4.39 Å². The minimum absolute atomic E-state index is 0.000395. The first-order valence-corrected chi connectivity index (χ1v) is 15.5. The van der Waals surface area contributed by atoms with Gasteiger partial charge in [0.15, 0.2) is 11.4 Å². The zero-order valence-corrected chi connectivity index (χ0v) is 27.0. The van der Waals surface area contributed by atoms with E-state index in [4.69, 9.17) is 5.73 Å². The van der Waals surface area contributed by atoms with Crippen molar-refractivity contribution in [3.8, 4) is 5.75 Å². The van der Waals surface area contributed by atoms with Gasteiger partial charge in [0.05, 0.1) is 23.2 Å². The maximum Gasteiger partial charge on any atom is 0.255 e. The van der Waals surface area contributed by atoms with E-state index in [-0.39, 0.29) is 41.4 Å². The fraction of sp³-hybridized carbons (Fsp3) is 0.412. The monoisotopic (exact) mass is 663 g/mol. The molecule has 4 aliphatic rings. The highest BCUT2D eigenvalue weighted by Gasteiger charge is 2.64. The molecule has 48 heavy (non-hydrogen) atoms. The second kappa shape index (κ2) is 11.7. The van der Waals surface area contributed by atoms with Gasteiger partial charge in [0.2, 0.25) is 11.7 Å². The lowest BCUT2D eigenvalue weighted by molar-refractivity contribution is -0.153. The number of aliphatic hydroxyl groups excluding tert-OH is 2. The minimum atomic E-state index is -2.75. The lowest BCUT2D eigenvalue weighted by atomic mass is 9.57. The van der Waals surface area contributed by atoms with Crippen molar-refractivity contribution in [2.24, 2.45) is 23.5 Å². The van der Waals surface area contributed by atoms with E-state index < -0.39 is 69.7 Å². The number of phenolic OH excluding ortho intramolecular Hbond substituents is 1. The fourth-order valence-corrected chi connectivity index (χ4v) is 7.73. The summed E-state index contributed by atoms with van der Waals surface area (Å²) in [5.74, 6) is -8.55. The number of aromatic hydroxyl groups is 1. The molecular formula is C34H38FN5O8. The van der Waals surface area contributed by atoms with Gasteiger partial charge in [-0.1, -0.05) is 12.1 Å². The molecule has 1 heterocycles. The Balaban J connectivity index is 1.34. The molecule has 14 heteroatoms. The average molecular weight is 664 g/mol. The summed E-state index contributed by atoms with van der Waals surface area (Å²) in [4.78, 5) is 58.2. The minimum Gasteiger partial charge on any atom is -0.508 e. The molecule has 0 aromatic heterocycles. The van der Waals surface area contributed by atoms with E-state index in [1.807, 2.05) is 4.90 Å². The number of nitrogens with two attached hydrogens (primary N) is 1. The largest absolute Gasteiger partial charge is 0.508 e. The Morgan fingerprint density at radius 1 is 1.08 bits per heavy atom. The van der Waals surface area contributed by atoms with Crippen LogP contribution in [0, 0.1) is 23.6 Å². The summed E-state index contributed by atoms with van der Waals surface area (Å²) in [7, 11) is 6.57. The SMILES string of the molecule is CN(C)c1cc(NC(=O)C2CN(Cc3ccc(F)cc3)C2)c(O)c2c1C[C@H]1C[C@H]3[C@H](N(C)C)C(=O)C(C(N)=O)=C(O)[C@@]3(O)C(=O)C1=C2O. The number of hydrogen-bond acceptors (Lipinski definition) is 11. The molecule has 0 unspecified atom stereocenters. The number of amides is 2. The van der Waals surface area contributed by atoms with E-state index in [1.165, 1.54) is 31.1 Å². The van der Waals surface area contributed by atoms with Gasteiger partial charge >= 0.3 is 0 Å². The van der Waals surface area contributed by atoms with Crippen LogP contribution in [0.1, 0.15) is 23.1 Å². The van der Waals surface area contributed by atoms with Crippen molar-refractivity contribution in [2.45, 2.75) is 31.0 Å². The van der Waals surface area contributed by atoms with Crippen LogP contribution < -0.4 is 16.0 Å². The van der Waals surface area contributed by atoms with Crippen LogP contribution in [0.2, 0.25) is 0 Å². The lowest BCUT2D eigenvalue weighted by Gasteiger charge is -2.50. The molecule has 7 N–H and O–H groups in total. The van der Waals surface area contributed by atoms with Gasteiger partial charge in [-0.3, -0.25) is 29.0 Å². The molecular weight excluding hydrogens is 625 g/mol. The summed E-state index contributed by atoms with van der Waals surface area (Å²) >= 11 is 0. The second-order valence-corrected chi connectivity index (χ2v) is 13.5. The van der Waals surface area contributed by atoms with Crippen LogP contribution in [0.4, 0.5) is 15.8 Å². The van der Waals surface area contributed by atoms with E-state index in [9.17, 15) is 44.0 Å². The van der Waals surface area contributed by atoms with E-state index in [1.54, 1.807) is 37.2 Å². The molecule has 13 nitrogen and oxygen atoms in total. The number of anilines is 2. The summed E-state index contributed by atoms with van der Waals surface area (Å²) in [6, 6.07) is 6.52. The quantitative estimate of drug-likeness (QED) is 0.184. The van der Waals surface area contributed by atoms with Crippen LogP contribution >= 0.6 is 0 Å². The van der Waals surface area contributed by atoms with Crippen LogP contribution in [0.5, 0.6) is 5.75 Å². The third kappa shape index (κ3) is 5.02. The van der Waals surface area contributed by atoms with E-state index in [0.717, 1.165) is 5.56 Å². The van der Waals surface area contributed by atoms with Gasteiger partial charge in [0.25, 0.3) is 5.91 Å². The summed E-state index contributed by atoms with van der Waals surface area (Å²) < 4.78 is 13.3. The number of likely N-dealkylation sites (tertiary alicyclic amines) is 1. The number of nitrogens with one attached hydrogen (secondary N) is 1. The maximum atomic E-state index is 14.2. The summed E-state index contributed by atoms with van der Waals surface area (Å²) in [5.41, 5.74) is 3.31. The molecule has 3 aliphatic carbocycles. The second-order valence-electron chi connectivity index (χ2n) is 13.5. The van der Waals surface area contributed by atoms with Crippen molar-refractivity contribution < 1.29 is 44.0 Å². The van der Waals surface area contributed by atoms with Gasteiger partial charge in [0.1, 0.15) is 28.7 Å². The summed E-state index contributed by atoms with van der Waals surface area (Å²) in [6.07, 6.45) is 0.0821. The summed E-state index contributed by atoms with van der Waals surface area (Å²) in [6.45, 7) is 1.40. The van der Waals surface area contributed by atoms with Crippen LogP contribution in [-0.2, 0) is 32.1 Å². The van der Waals surface area contributed by atoms with Crippen LogP contribution in [-0.4, -0.2) is 107 Å². The number of carbonyl (C=O) groups is 4. The molecule has 1 aliphatic heterocycles. The Morgan fingerprint density at radius 2 is 1.73 bits per heavy atom. The van der Waals surface area contributed by atoms with Gasteiger partial charge < -0.3 is 36.4 Å². The zero-order valence-electron chi connectivity index (χ0n) is 27.0. The number of halogens is 1. The number of fused-ring (bicyclic) bond motifs is 3. The van der Waals surface area contributed by atoms with Crippen molar-refractivity contribution in [1.82, 2.24) is 9.80 Å². The van der Waals surface area contributed by atoms with Crippen molar-refractivity contribution in [3.05, 3.63) is 69.7 Å². The third-order valence-electron chi connectivity index (χ3n) is 10.1. The fourth-order valence-electron chi connectivity index (χ4n) is 7.73. The molecule has 2 aromatic carbocycles. The number of ketones is 2. The van der Waals surface area contributed by atoms with Gasteiger partial charge in [-0.2, -0.15) is 0 Å². The van der Waals surface area contributed by atoms with Crippen molar-refractivity contribution in [1.29, 1.82) is 0 Å².